The molecule has 20 heavy (non-hydrogen) atoms. The van der Waals surface area contributed by atoms with E-state index in [1.165, 1.54) is 32.1 Å². The van der Waals surface area contributed by atoms with Gasteiger partial charge in [-0.05, 0) is 43.4 Å². The largest absolute Gasteiger partial charge is 0.492 e. The zero-order chi connectivity index (χ0) is 14.2. The third-order valence-corrected chi connectivity index (χ3v) is 3.87. The van der Waals surface area contributed by atoms with Crippen molar-refractivity contribution in [3.8, 4) is 5.75 Å². The Morgan fingerprint density at radius 1 is 1.25 bits per heavy atom. The molecule has 1 aromatic rings. The molecule has 0 saturated heterocycles. The minimum atomic E-state index is 0.674. The van der Waals surface area contributed by atoms with Crippen molar-refractivity contribution in [1.82, 2.24) is 10.3 Å². The van der Waals surface area contributed by atoms with Gasteiger partial charge in [0.05, 0.1) is 18.5 Å². The SMILES string of the molecule is CC(C)CNCc1ccc(OCC2CCCCC2)cn1. The third-order valence-electron chi connectivity index (χ3n) is 3.87. The van der Waals surface area contributed by atoms with Crippen LogP contribution < -0.4 is 10.1 Å². The highest BCUT2D eigenvalue weighted by Gasteiger charge is 2.13. The van der Waals surface area contributed by atoms with Crippen molar-refractivity contribution in [2.45, 2.75) is 52.5 Å². The summed E-state index contributed by atoms with van der Waals surface area (Å²) in [5, 5.41) is 3.40. The Bertz CT molecular complexity index is 369. The molecule has 0 spiro atoms. The molecule has 0 aliphatic heterocycles. The lowest BCUT2D eigenvalue weighted by atomic mass is 9.90. The molecule has 3 nitrogen and oxygen atoms in total. The Kier molecular flexibility index (Phi) is 6.31. The lowest BCUT2D eigenvalue weighted by Crippen LogP contribution is -2.19. The molecular formula is C17H28N2O. The van der Waals surface area contributed by atoms with Crippen molar-refractivity contribution in [2.24, 2.45) is 11.8 Å². The molecular weight excluding hydrogens is 248 g/mol. The summed E-state index contributed by atoms with van der Waals surface area (Å²) < 4.78 is 5.86. The predicted molar refractivity (Wildman–Crippen MR) is 82.9 cm³/mol. The smallest absolute Gasteiger partial charge is 0.137 e. The van der Waals surface area contributed by atoms with Crippen molar-refractivity contribution in [2.75, 3.05) is 13.2 Å². The van der Waals surface area contributed by atoms with Gasteiger partial charge in [0.1, 0.15) is 5.75 Å². The summed E-state index contributed by atoms with van der Waals surface area (Å²) in [5.74, 6) is 2.33. The van der Waals surface area contributed by atoms with Gasteiger partial charge in [0.2, 0.25) is 0 Å². The van der Waals surface area contributed by atoms with E-state index in [-0.39, 0.29) is 0 Å². The monoisotopic (exact) mass is 276 g/mol. The number of hydrogen-bond donors (Lipinski definition) is 1. The zero-order valence-electron chi connectivity index (χ0n) is 12.9. The Balaban J connectivity index is 1.70. The summed E-state index contributed by atoms with van der Waals surface area (Å²) in [6, 6.07) is 4.10. The predicted octanol–water partition coefficient (Wildman–Crippen LogP) is 3.79. The summed E-state index contributed by atoms with van der Waals surface area (Å²) in [5.41, 5.74) is 1.08. The normalized spacial score (nSPS) is 16.6. The highest BCUT2D eigenvalue weighted by molar-refractivity contribution is 5.19. The molecule has 0 aromatic carbocycles. The van der Waals surface area contributed by atoms with Gasteiger partial charge in [0.25, 0.3) is 0 Å². The van der Waals surface area contributed by atoms with Gasteiger partial charge >= 0.3 is 0 Å². The van der Waals surface area contributed by atoms with E-state index in [2.05, 4.69) is 30.2 Å². The fraction of sp³-hybridized carbons (Fsp3) is 0.706. The van der Waals surface area contributed by atoms with Crippen LogP contribution in [0.1, 0.15) is 51.6 Å². The molecule has 1 saturated carbocycles. The van der Waals surface area contributed by atoms with E-state index in [1.807, 2.05) is 12.3 Å². The van der Waals surface area contributed by atoms with E-state index in [0.29, 0.717) is 5.92 Å². The van der Waals surface area contributed by atoms with Crippen molar-refractivity contribution in [3.05, 3.63) is 24.0 Å². The van der Waals surface area contributed by atoms with Gasteiger partial charge in [0, 0.05) is 6.54 Å². The standard InChI is InChI=1S/C17H28N2O/c1-14(2)10-18-11-16-8-9-17(12-19-16)20-13-15-6-4-3-5-7-15/h8-9,12,14-15,18H,3-7,10-11,13H2,1-2H3. The van der Waals surface area contributed by atoms with E-state index in [9.17, 15) is 0 Å². The zero-order valence-corrected chi connectivity index (χ0v) is 12.9. The van der Waals surface area contributed by atoms with Crippen LogP contribution in [-0.4, -0.2) is 18.1 Å². The number of aromatic nitrogens is 1. The topological polar surface area (TPSA) is 34.1 Å². The van der Waals surface area contributed by atoms with Crippen molar-refractivity contribution in [1.29, 1.82) is 0 Å². The first-order chi connectivity index (χ1) is 9.74. The molecule has 0 radical (unpaired) electrons. The first-order valence-electron chi connectivity index (χ1n) is 8.02. The van der Waals surface area contributed by atoms with Crippen LogP contribution in [0.4, 0.5) is 0 Å². The number of pyridine rings is 1. The second-order valence-electron chi connectivity index (χ2n) is 6.33. The Hall–Kier alpha value is -1.09. The first kappa shape index (κ1) is 15.3. The molecule has 0 unspecified atom stereocenters. The fourth-order valence-corrected chi connectivity index (χ4v) is 2.66. The number of nitrogens with zero attached hydrogens (tertiary/aromatic N) is 1. The van der Waals surface area contributed by atoms with E-state index in [1.54, 1.807) is 0 Å². The van der Waals surface area contributed by atoms with Gasteiger partial charge in [-0.3, -0.25) is 4.98 Å². The van der Waals surface area contributed by atoms with Crippen LogP contribution >= 0.6 is 0 Å². The number of hydrogen-bond acceptors (Lipinski definition) is 3. The summed E-state index contributed by atoms with van der Waals surface area (Å²) in [7, 11) is 0. The number of nitrogens with one attached hydrogen (secondary N) is 1. The van der Waals surface area contributed by atoms with Crippen LogP contribution in [-0.2, 0) is 6.54 Å². The van der Waals surface area contributed by atoms with Gasteiger partial charge in [-0.2, -0.15) is 0 Å². The van der Waals surface area contributed by atoms with E-state index in [0.717, 1.165) is 37.1 Å². The molecule has 1 aromatic heterocycles. The fourth-order valence-electron chi connectivity index (χ4n) is 2.66. The molecule has 2 rings (SSSR count). The first-order valence-corrected chi connectivity index (χ1v) is 8.02. The van der Waals surface area contributed by atoms with Crippen molar-refractivity contribution < 1.29 is 4.74 Å². The van der Waals surface area contributed by atoms with Gasteiger partial charge in [-0.1, -0.05) is 33.1 Å². The Morgan fingerprint density at radius 3 is 2.70 bits per heavy atom. The van der Waals surface area contributed by atoms with Gasteiger partial charge in [-0.25, -0.2) is 0 Å². The average Bonchev–Trinajstić information content (AvgIpc) is 2.47. The minimum Gasteiger partial charge on any atom is -0.492 e. The Labute approximate surface area is 123 Å². The second-order valence-corrected chi connectivity index (χ2v) is 6.33. The Morgan fingerprint density at radius 2 is 2.05 bits per heavy atom. The van der Waals surface area contributed by atoms with Gasteiger partial charge < -0.3 is 10.1 Å². The van der Waals surface area contributed by atoms with Crippen LogP contribution in [0.2, 0.25) is 0 Å². The minimum absolute atomic E-state index is 0.674. The van der Waals surface area contributed by atoms with Crippen LogP contribution in [0.15, 0.2) is 18.3 Å². The molecule has 0 amide bonds. The molecule has 112 valence electrons. The quantitative estimate of drug-likeness (QED) is 0.823. The van der Waals surface area contributed by atoms with Crippen LogP contribution in [0.3, 0.4) is 0 Å². The van der Waals surface area contributed by atoms with Crippen molar-refractivity contribution in [3.63, 3.8) is 0 Å². The summed E-state index contributed by atoms with van der Waals surface area (Å²) in [6.45, 7) is 7.14. The maximum Gasteiger partial charge on any atom is 0.137 e. The molecule has 1 aliphatic carbocycles. The summed E-state index contributed by atoms with van der Waals surface area (Å²) in [4.78, 5) is 4.45. The van der Waals surface area contributed by atoms with E-state index >= 15 is 0 Å². The average molecular weight is 276 g/mol. The highest BCUT2D eigenvalue weighted by Crippen LogP contribution is 2.24. The maximum atomic E-state index is 5.86. The van der Waals surface area contributed by atoms with Crippen LogP contribution in [0, 0.1) is 11.8 Å². The lowest BCUT2D eigenvalue weighted by Gasteiger charge is -2.21. The molecule has 0 bridgehead atoms. The van der Waals surface area contributed by atoms with Crippen LogP contribution in [0.5, 0.6) is 5.75 Å². The number of ether oxygens (including phenoxy) is 1. The van der Waals surface area contributed by atoms with E-state index in [4.69, 9.17) is 4.74 Å². The van der Waals surface area contributed by atoms with Gasteiger partial charge in [0.15, 0.2) is 0 Å². The summed E-state index contributed by atoms with van der Waals surface area (Å²) in [6.07, 6.45) is 8.64. The maximum absolute atomic E-state index is 5.86. The molecule has 3 heteroatoms. The van der Waals surface area contributed by atoms with Gasteiger partial charge in [-0.15, -0.1) is 0 Å². The lowest BCUT2D eigenvalue weighted by molar-refractivity contribution is 0.208. The molecule has 1 fully saturated rings. The number of rotatable bonds is 7. The third kappa shape index (κ3) is 5.49. The van der Waals surface area contributed by atoms with E-state index < -0.39 is 0 Å². The second kappa shape index (κ2) is 8.25. The molecule has 1 N–H and O–H groups in total. The molecule has 1 heterocycles. The molecule has 1 aliphatic rings. The van der Waals surface area contributed by atoms with Crippen molar-refractivity contribution >= 4 is 0 Å². The highest BCUT2D eigenvalue weighted by atomic mass is 16.5. The molecule has 0 atom stereocenters. The summed E-state index contributed by atoms with van der Waals surface area (Å²) >= 11 is 0. The van der Waals surface area contributed by atoms with Crippen LogP contribution in [0.25, 0.3) is 0 Å².